The summed E-state index contributed by atoms with van der Waals surface area (Å²) in [7, 11) is 0. The highest BCUT2D eigenvalue weighted by molar-refractivity contribution is 8.00. The lowest BCUT2D eigenvalue weighted by atomic mass is 10.2. The predicted molar refractivity (Wildman–Crippen MR) is 77.4 cm³/mol. The Morgan fingerprint density at radius 1 is 1.55 bits per heavy atom. The fourth-order valence-corrected chi connectivity index (χ4v) is 3.67. The number of hydrogen-bond acceptors (Lipinski definition) is 5. The molecule has 2 rings (SSSR count). The van der Waals surface area contributed by atoms with Crippen LogP contribution in [0.1, 0.15) is 30.3 Å². The molecule has 20 heavy (non-hydrogen) atoms. The minimum absolute atomic E-state index is 0.104. The molecule has 0 bridgehead atoms. The van der Waals surface area contributed by atoms with E-state index in [-0.39, 0.29) is 17.0 Å². The van der Waals surface area contributed by atoms with Crippen LogP contribution < -0.4 is 5.73 Å². The van der Waals surface area contributed by atoms with Crippen molar-refractivity contribution in [3.63, 3.8) is 0 Å². The van der Waals surface area contributed by atoms with Crippen molar-refractivity contribution in [2.24, 2.45) is 0 Å². The van der Waals surface area contributed by atoms with Gasteiger partial charge in [-0.1, -0.05) is 13.3 Å². The van der Waals surface area contributed by atoms with E-state index >= 15 is 0 Å². The zero-order valence-corrected chi connectivity index (χ0v) is 12.0. The van der Waals surface area contributed by atoms with Crippen LogP contribution in [0, 0.1) is 0 Å². The van der Waals surface area contributed by atoms with Crippen LogP contribution in [0.4, 0.5) is 5.69 Å². The van der Waals surface area contributed by atoms with Crippen LogP contribution in [-0.4, -0.2) is 44.0 Å². The summed E-state index contributed by atoms with van der Waals surface area (Å²) in [5, 5.41) is 9.16. The van der Waals surface area contributed by atoms with E-state index in [4.69, 9.17) is 5.73 Å². The first-order chi connectivity index (χ1) is 9.54. The summed E-state index contributed by atoms with van der Waals surface area (Å²) in [4.78, 5) is 29.2. The Balaban J connectivity index is 2.26. The summed E-state index contributed by atoms with van der Waals surface area (Å²) in [6, 6.07) is 2.33. The van der Waals surface area contributed by atoms with Gasteiger partial charge >= 0.3 is 5.97 Å². The van der Waals surface area contributed by atoms with E-state index in [1.54, 1.807) is 6.07 Å². The highest BCUT2D eigenvalue weighted by Gasteiger charge is 2.41. The number of aliphatic carboxylic acids is 1. The summed E-state index contributed by atoms with van der Waals surface area (Å²) in [6.07, 6.45) is 3.07. The monoisotopic (exact) mass is 295 g/mol. The van der Waals surface area contributed by atoms with Gasteiger partial charge in [0.1, 0.15) is 11.7 Å². The van der Waals surface area contributed by atoms with Crippen molar-refractivity contribution in [3.8, 4) is 0 Å². The van der Waals surface area contributed by atoms with Gasteiger partial charge in [-0.3, -0.25) is 4.79 Å². The van der Waals surface area contributed by atoms with Gasteiger partial charge in [0.15, 0.2) is 0 Å². The van der Waals surface area contributed by atoms with Gasteiger partial charge in [-0.2, -0.15) is 0 Å². The van der Waals surface area contributed by atoms with Gasteiger partial charge in [0, 0.05) is 5.75 Å². The number of carbonyl (C=O) groups excluding carboxylic acids is 1. The third-order valence-electron chi connectivity index (χ3n) is 3.15. The normalized spacial score (nSPS) is 21.9. The average molecular weight is 295 g/mol. The van der Waals surface area contributed by atoms with Gasteiger partial charge in [-0.15, -0.1) is 11.8 Å². The topological polar surface area (TPSA) is 96.5 Å². The molecule has 1 aliphatic heterocycles. The largest absolute Gasteiger partial charge is 0.480 e. The molecule has 3 N–H and O–H groups in total. The van der Waals surface area contributed by atoms with Crippen LogP contribution in [-0.2, 0) is 4.79 Å². The molecule has 2 unspecified atom stereocenters. The summed E-state index contributed by atoms with van der Waals surface area (Å²) in [5.74, 6) is -0.901. The second-order valence-corrected chi connectivity index (χ2v) is 5.83. The fraction of sp³-hybridized carbons (Fsp3) is 0.462. The number of nitrogen functional groups attached to an aromatic ring is 1. The highest BCUT2D eigenvalue weighted by Crippen LogP contribution is 2.33. The van der Waals surface area contributed by atoms with E-state index in [0.29, 0.717) is 11.4 Å². The van der Waals surface area contributed by atoms with Crippen molar-refractivity contribution in [2.75, 3.05) is 11.5 Å². The number of carbonyl (C=O) groups is 2. The molecule has 0 aliphatic carbocycles. The first-order valence-corrected chi connectivity index (χ1v) is 7.48. The first kappa shape index (κ1) is 14.6. The van der Waals surface area contributed by atoms with Crippen molar-refractivity contribution in [3.05, 3.63) is 24.0 Å². The molecule has 1 aliphatic rings. The minimum atomic E-state index is -0.972. The highest BCUT2D eigenvalue weighted by atomic mass is 32.2. The number of anilines is 1. The maximum atomic E-state index is 12.5. The van der Waals surface area contributed by atoms with Crippen molar-refractivity contribution in [1.82, 2.24) is 9.88 Å². The summed E-state index contributed by atoms with van der Waals surface area (Å²) in [5.41, 5.74) is 6.25. The fourth-order valence-electron chi connectivity index (χ4n) is 2.16. The Hall–Kier alpha value is -1.76. The number of carboxylic acid groups (broad SMARTS) is 1. The molecule has 108 valence electrons. The Morgan fingerprint density at radius 3 is 2.85 bits per heavy atom. The van der Waals surface area contributed by atoms with E-state index in [9.17, 15) is 14.7 Å². The molecule has 7 heteroatoms. The number of nitrogens with two attached hydrogens (primary N) is 1. The van der Waals surface area contributed by atoms with Crippen molar-refractivity contribution in [2.45, 2.75) is 31.2 Å². The number of hydrogen-bond donors (Lipinski definition) is 2. The molecule has 0 radical (unpaired) electrons. The predicted octanol–water partition coefficient (Wildman–Crippen LogP) is 1.43. The molecular weight excluding hydrogens is 278 g/mol. The summed E-state index contributed by atoms with van der Waals surface area (Å²) in [6.45, 7) is 2.01. The number of pyridine rings is 1. The molecule has 0 aromatic carbocycles. The number of carboxylic acids is 1. The number of aromatic nitrogens is 1. The Morgan fingerprint density at radius 2 is 2.30 bits per heavy atom. The van der Waals surface area contributed by atoms with Crippen LogP contribution in [0.15, 0.2) is 18.3 Å². The van der Waals surface area contributed by atoms with Crippen LogP contribution in [0.25, 0.3) is 0 Å². The van der Waals surface area contributed by atoms with E-state index in [1.807, 2.05) is 6.92 Å². The standard InChI is InChI=1S/C13H17N3O3S/c1-2-3-11-16(10(7-20-11)13(18)19)12(17)9-5-4-8(14)6-15-9/h4-6,10-11H,2-3,7,14H2,1H3,(H,18,19). The van der Waals surface area contributed by atoms with Gasteiger partial charge in [0.2, 0.25) is 0 Å². The second kappa shape index (κ2) is 6.13. The molecule has 2 heterocycles. The van der Waals surface area contributed by atoms with E-state index in [2.05, 4.69) is 4.98 Å². The molecule has 1 saturated heterocycles. The Labute approximate surface area is 121 Å². The summed E-state index contributed by atoms with van der Waals surface area (Å²) < 4.78 is 0. The van der Waals surface area contributed by atoms with Crippen molar-refractivity contribution in [1.29, 1.82) is 0 Å². The summed E-state index contributed by atoms with van der Waals surface area (Å²) >= 11 is 1.51. The van der Waals surface area contributed by atoms with Crippen LogP contribution >= 0.6 is 11.8 Å². The number of nitrogens with zero attached hydrogens (tertiary/aromatic N) is 2. The lowest BCUT2D eigenvalue weighted by molar-refractivity contribution is -0.141. The third-order valence-corrected chi connectivity index (χ3v) is 4.51. The van der Waals surface area contributed by atoms with Gasteiger partial charge in [-0.05, 0) is 18.6 Å². The van der Waals surface area contributed by atoms with Crippen LogP contribution in [0.5, 0.6) is 0 Å². The Bertz CT molecular complexity index is 506. The Kier molecular flexibility index (Phi) is 4.49. The smallest absolute Gasteiger partial charge is 0.327 e. The molecule has 6 nitrogen and oxygen atoms in total. The van der Waals surface area contributed by atoms with E-state index in [0.717, 1.165) is 12.8 Å². The molecule has 1 amide bonds. The van der Waals surface area contributed by atoms with Gasteiger partial charge in [0.05, 0.1) is 17.3 Å². The van der Waals surface area contributed by atoms with Gasteiger partial charge in [-0.25, -0.2) is 9.78 Å². The lowest BCUT2D eigenvalue weighted by Gasteiger charge is -2.26. The molecule has 0 spiro atoms. The van der Waals surface area contributed by atoms with Crippen LogP contribution in [0.3, 0.4) is 0 Å². The average Bonchev–Trinajstić information content (AvgIpc) is 2.83. The first-order valence-electron chi connectivity index (χ1n) is 6.43. The van der Waals surface area contributed by atoms with Crippen molar-refractivity contribution < 1.29 is 14.7 Å². The minimum Gasteiger partial charge on any atom is -0.480 e. The van der Waals surface area contributed by atoms with E-state index < -0.39 is 12.0 Å². The molecule has 0 saturated carbocycles. The zero-order valence-electron chi connectivity index (χ0n) is 11.2. The number of rotatable bonds is 4. The molecule has 1 aromatic rings. The van der Waals surface area contributed by atoms with E-state index in [1.165, 1.54) is 28.9 Å². The van der Waals surface area contributed by atoms with Gasteiger partial charge < -0.3 is 15.7 Å². The molecular formula is C13H17N3O3S. The lowest BCUT2D eigenvalue weighted by Crippen LogP contribution is -2.45. The number of thioether (sulfide) groups is 1. The van der Waals surface area contributed by atoms with Crippen molar-refractivity contribution >= 4 is 29.3 Å². The molecule has 1 aromatic heterocycles. The van der Waals surface area contributed by atoms with Gasteiger partial charge in [0.25, 0.3) is 5.91 Å². The maximum absolute atomic E-state index is 12.5. The SMILES string of the molecule is CCCC1SCC(C(=O)O)N1C(=O)c1ccc(N)cn1. The maximum Gasteiger partial charge on any atom is 0.327 e. The molecule has 1 fully saturated rings. The third kappa shape index (κ3) is 2.87. The second-order valence-electron chi connectivity index (χ2n) is 4.62. The number of amides is 1. The molecule has 2 atom stereocenters. The zero-order chi connectivity index (χ0) is 14.7. The quantitative estimate of drug-likeness (QED) is 0.872. The van der Waals surface area contributed by atoms with Crippen LogP contribution in [0.2, 0.25) is 0 Å².